The topological polar surface area (TPSA) is 73.0 Å². The van der Waals surface area contributed by atoms with Gasteiger partial charge in [0.25, 0.3) is 0 Å². The summed E-state index contributed by atoms with van der Waals surface area (Å²) in [6.45, 7) is 2.46. The Labute approximate surface area is 173 Å². The molecule has 2 heterocycles. The molecule has 0 fully saturated rings. The average Bonchev–Trinajstić information content (AvgIpc) is 3.33. The molecule has 0 saturated carbocycles. The molecule has 0 unspecified atom stereocenters. The normalized spacial score (nSPS) is 10.8. The number of rotatable bonds is 7. The predicted molar refractivity (Wildman–Crippen MR) is 114 cm³/mol. The summed E-state index contributed by atoms with van der Waals surface area (Å²) in [5.74, 6) is 1.15. The van der Waals surface area contributed by atoms with Gasteiger partial charge in [0, 0.05) is 6.07 Å². The maximum absolute atomic E-state index is 12.3. The molecule has 0 radical (unpaired) electrons. The largest absolute Gasteiger partial charge is 0.360 e. The summed E-state index contributed by atoms with van der Waals surface area (Å²) in [5.41, 5.74) is 3.28. The second kappa shape index (κ2) is 8.79. The lowest BCUT2D eigenvalue weighted by Gasteiger charge is -2.12. The van der Waals surface area contributed by atoms with Crippen LogP contribution in [0.25, 0.3) is 11.3 Å². The van der Waals surface area contributed by atoms with Crippen LogP contribution in [0.2, 0.25) is 0 Å². The Bertz CT molecular complexity index is 1090. The average molecular weight is 404 g/mol. The summed E-state index contributed by atoms with van der Waals surface area (Å²) in [6, 6.07) is 22.0. The predicted octanol–water partition coefficient (Wildman–Crippen LogP) is 4.63. The maximum Gasteiger partial charge on any atom is 0.236 e. The first-order valence-corrected chi connectivity index (χ1v) is 10.2. The number of anilines is 1. The first-order chi connectivity index (χ1) is 14.2. The molecule has 0 spiro atoms. The van der Waals surface area contributed by atoms with Gasteiger partial charge in [0.2, 0.25) is 5.91 Å². The van der Waals surface area contributed by atoms with Crippen molar-refractivity contribution in [1.29, 1.82) is 0 Å². The third kappa shape index (κ3) is 4.75. The fraction of sp³-hybridized carbons (Fsp3) is 0.136. The van der Waals surface area contributed by atoms with Crippen LogP contribution in [0.5, 0.6) is 0 Å². The molecule has 0 aliphatic heterocycles. The highest BCUT2D eigenvalue weighted by Crippen LogP contribution is 2.27. The van der Waals surface area contributed by atoms with Gasteiger partial charge < -0.3 is 14.4 Å². The Morgan fingerprint density at radius 2 is 1.83 bits per heavy atom. The summed E-state index contributed by atoms with van der Waals surface area (Å²) in [6.07, 6.45) is 1.86. The van der Waals surface area contributed by atoms with Crippen molar-refractivity contribution in [1.82, 2.24) is 14.7 Å². The number of nitrogens with one attached hydrogen (secondary N) is 1. The second-order valence-electron chi connectivity index (χ2n) is 6.52. The van der Waals surface area contributed by atoms with E-state index in [0.29, 0.717) is 18.1 Å². The van der Waals surface area contributed by atoms with E-state index in [1.807, 2.05) is 42.6 Å². The van der Waals surface area contributed by atoms with Crippen molar-refractivity contribution in [3.05, 3.63) is 84.3 Å². The molecule has 4 rings (SSSR count). The highest BCUT2D eigenvalue weighted by Gasteiger charge is 2.15. The Morgan fingerprint density at radius 1 is 1.10 bits per heavy atom. The van der Waals surface area contributed by atoms with Crippen LogP contribution in [0.1, 0.15) is 11.3 Å². The summed E-state index contributed by atoms with van der Waals surface area (Å²) in [4.78, 5) is 16.9. The van der Waals surface area contributed by atoms with Crippen molar-refractivity contribution in [2.45, 2.75) is 18.6 Å². The number of carbonyl (C=O) groups is 1. The molecular formula is C22H20N4O2S. The zero-order valence-corrected chi connectivity index (χ0v) is 16.7. The third-order valence-electron chi connectivity index (χ3n) is 4.30. The molecule has 0 aliphatic rings. The number of aryl methyl sites for hydroxylation is 1. The van der Waals surface area contributed by atoms with E-state index in [2.05, 4.69) is 44.3 Å². The molecule has 2 aromatic heterocycles. The molecule has 7 heteroatoms. The van der Waals surface area contributed by atoms with Crippen molar-refractivity contribution in [3.8, 4) is 11.3 Å². The first-order valence-electron chi connectivity index (χ1n) is 9.20. The minimum absolute atomic E-state index is 0.154. The van der Waals surface area contributed by atoms with Crippen LogP contribution < -0.4 is 5.32 Å². The van der Waals surface area contributed by atoms with E-state index >= 15 is 0 Å². The third-order valence-corrected chi connectivity index (χ3v) is 5.29. The molecule has 0 bridgehead atoms. The Kier molecular flexibility index (Phi) is 5.76. The SMILES string of the molecule is Cc1cc(NC(=O)CSc2ncc(-c3ccccc3)n2Cc2ccccc2)no1. The van der Waals surface area contributed by atoms with Gasteiger partial charge in [-0.2, -0.15) is 0 Å². The molecule has 146 valence electrons. The van der Waals surface area contributed by atoms with E-state index < -0.39 is 0 Å². The summed E-state index contributed by atoms with van der Waals surface area (Å²) in [7, 11) is 0. The lowest BCUT2D eigenvalue weighted by Crippen LogP contribution is -2.15. The smallest absolute Gasteiger partial charge is 0.236 e. The van der Waals surface area contributed by atoms with Crippen LogP contribution in [0.15, 0.2) is 82.6 Å². The van der Waals surface area contributed by atoms with Gasteiger partial charge in [0.15, 0.2) is 11.0 Å². The first kappa shape index (κ1) is 19.0. The van der Waals surface area contributed by atoms with Gasteiger partial charge in [0.1, 0.15) is 5.76 Å². The highest BCUT2D eigenvalue weighted by atomic mass is 32.2. The van der Waals surface area contributed by atoms with Gasteiger partial charge in [-0.15, -0.1) is 0 Å². The molecule has 29 heavy (non-hydrogen) atoms. The Balaban J connectivity index is 1.54. The minimum Gasteiger partial charge on any atom is -0.360 e. The van der Waals surface area contributed by atoms with Crippen LogP contribution in [-0.2, 0) is 11.3 Å². The van der Waals surface area contributed by atoms with Crippen LogP contribution in [-0.4, -0.2) is 26.4 Å². The molecule has 4 aromatic rings. The van der Waals surface area contributed by atoms with Crippen LogP contribution >= 0.6 is 11.8 Å². The molecule has 0 atom stereocenters. The monoisotopic (exact) mass is 404 g/mol. The van der Waals surface area contributed by atoms with Gasteiger partial charge in [-0.3, -0.25) is 4.79 Å². The standard InChI is InChI=1S/C22H20N4O2S/c1-16-12-20(25-28-16)24-21(27)15-29-22-23-13-19(18-10-6-3-7-11-18)26(22)14-17-8-4-2-5-9-17/h2-13H,14-15H2,1H3,(H,24,25,27). The van der Waals surface area contributed by atoms with Gasteiger partial charge >= 0.3 is 0 Å². The number of amides is 1. The van der Waals surface area contributed by atoms with Crippen molar-refractivity contribution in [2.75, 3.05) is 11.1 Å². The van der Waals surface area contributed by atoms with Crippen molar-refractivity contribution < 1.29 is 9.32 Å². The van der Waals surface area contributed by atoms with Gasteiger partial charge in [-0.25, -0.2) is 4.98 Å². The van der Waals surface area contributed by atoms with E-state index in [1.54, 1.807) is 13.0 Å². The van der Waals surface area contributed by atoms with E-state index in [4.69, 9.17) is 4.52 Å². The molecule has 1 amide bonds. The maximum atomic E-state index is 12.3. The zero-order valence-electron chi connectivity index (χ0n) is 15.9. The quantitative estimate of drug-likeness (QED) is 0.455. The van der Waals surface area contributed by atoms with Crippen LogP contribution in [0.4, 0.5) is 5.82 Å². The molecule has 6 nitrogen and oxygen atoms in total. The fourth-order valence-electron chi connectivity index (χ4n) is 2.97. The molecule has 1 N–H and O–H groups in total. The molecule has 2 aromatic carbocycles. The van der Waals surface area contributed by atoms with Crippen molar-refractivity contribution in [3.63, 3.8) is 0 Å². The Morgan fingerprint density at radius 3 is 2.52 bits per heavy atom. The molecule has 0 aliphatic carbocycles. The summed E-state index contributed by atoms with van der Waals surface area (Å²) in [5, 5.41) is 7.32. The molecule has 0 saturated heterocycles. The summed E-state index contributed by atoms with van der Waals surface area (Å²) >= 11 is 1.40. The number of imidazole rings is 1. The fourth-order valence-corrected chi connectivity index (χ4v) is 3.74. The number of hydrogen-bond acceptors (Lipinski definition) is 5. The zero-order chi connectivity index (χ0) is 20.1. The second-order valence-corrected chi connectivity index (χ2v) is 7.47. The van der Waals surface area contributed by atoms with Crippen molar-refractivity contribution >= 4 is 23.5 Å². The minimum atomic E-state index is -0.154. The molecular weight excluding hydrogens is 384 g/mol. The highest BCUT2D eigenvalue weighted by molar-refractivity contribution is 7.99. The van der Waals surface area contributed by atoms with E-state index in [9.17, 15) is 4.79 Å². The Hall–Kier alpha value is -3.32. The lowest BCUT2D eigenvalue weighted by atomic mass is 10.1. The number of benzene rings is 2. The van der Waals surface area contributed by atoms with E-state index in [1.165, 1.54) is 17.3 Å². The van der Waals surface area contributed by atoms with Crippen molar-refractivity contribution in [2.24, 2.45) is 0 Å². The number of nitrogens with zero attached hydrogens (tertiary/aromatic N) is 3. The number of aromatic nitrogens is 3. The van der Waals surface area contributed by atoms with Gasteiger partial charge in [-0.1, -0.05) is 77.6 Å². The van der Waals surface area contributed by atoms with E-state index in [0.717, 1.165) is 16.4 Å². The number of carbonyl (C=O) groups excluding carboxylic acids is 1. The van der Waals surface area contributed by atoms with Crippen LogP contribution in [0, 0.1) is 6.92 Å². The summed E-state index contributed by atoms with van der Waals surface area (Å²) < 4.78 is 7.12. The van der Waals surface area contributed by atoms with Crippen LogP contribution in [0.3, 0.4) is 0 Å². The van der Waals surface area contributed by atoms with Gasteiger partial charge in [-0.05, 0) is 18.1 Å². The lowest BCUT2D eigenvalue weighted by molar-refractivity contribution is -0.113. The van der Waals surface area contributed by atoms with E-state index in [-0.39, 0.29) is 11.7 Å². The van der Waals surface area contributed by atoms with Gasteiger partial charge in [0.05, 0.1) is 24.2 Å². The number of hydrogen-bond donors (Lipinski definition) is 1. The number of thioether (sulfide) groups is 1.